The lowest BCUT2D eigenvalue weighted by atomic mass is 10.0. The third kappa shape index (κ3) is 4.57. The van der Waals surface area contributed by atoms with Gasteiger partial charge in [-0.05, 0) is 111 Å². The molecular formula is C29H26O3. The average molecular weight is 423 g/mol. The first kappa shape index (κ1) is 21.4. The summed E-state index contributed by atoms with van der Waals surface area (Å²) in [6.45, 7) is 8.19. The van der Waals surface area contributed by atoms with Crippen LogP contribution in [0.3, 0.4) is 0 Å². The summed E-state index contributed by atoms with van der Waals surface area (Å²) < 4.78 is 12.0. The molecule has 4 aromatic carbocycles. The molecule has 3 heteroatoms. The molecule has 0 spiro atoms. The van der Waals surface area contributed by atoms with E-state index in [-0.39, 0.29) is 5.78 Å². The molecule has 0 saturated heterocycles. The van der Waals surface area contributed by atoms with Crippen molar-refractivity contribution in [1.82, 2.24) is 0 Å². The maximum atomic E-state index is 12.9. The van der Waals surface area contributed by atoms with Gasteiger partial charge in [-0.25, -0.2) is 0 Å². The van der Waals surface area contributed by atoms with Gasteiger partial charge < -0.3 is 9.47 Å². The molecule has 0 fully saturated rings. The fourth-order valence-corrected chi connectivity index (χ4v) is 3.44. The van der Waals surface area contributed by atoms with E-state index in [1.165, 1.54) is 11.1 Å². The van der Waals surface area contributed by atoms with Crippen LogP contribution in [-0.2, 0) is 0 Å². The van der Waals surface area contributed by atoms with E-state index in [0.29, 0.717) is 22.6 Å². The number of hydrogen-bond acceptors (Lipinski definition) is 3. The summed E-state index contributed by atoms with van der Waals surface area (Å²) >= 11 is 0. The van der Waals surface area contributed by atoms with Gasteiger partial charge in [-0.2, -0.15) is 0 Å². The van der Waals surface area contributed by atoms with Crippen LogP contribution < -0.4 is 9.47 Å². The van der Waals surface area contributed by atoms with Crippen molar-refractivity contribution in [2.75, 3.05) is 0 Å². The Morgan fingerprint density at radius 1 is 0.531 bits per heavy atom. The van der Waals surface area contributed by atoms with Gasteiger partial charge in [0.05, 0.1) is 0 Å². The van der Waals surface area contributed by atoms with E-state index < -0.39 is 0 Å². The van der Waals surface area contributed by atoms with Gasteiger partial charge in [-0.3, -0.25) is 4.79 Å². The van der Waals surface area contributed by atoms with Crippen molar-refractivity contribution in [2.45, 2.75) is 27.7 Å². The quantitative estimate of drug-likeness (QED) is 0.298. The van der Waals surface area contributed by atoms with Crippen molar-refractivity contribution in [2.24, 2.45) is 0 Å². The van der Waals surface area contributed by atoms with Gasteiger partial charge in [-0.1, -0.05) is 24.3 Å². The van der Waals surface area contributed by atoms with Crippen molar-refractivity contribution in [3.63, 3.8) is 0 Å². The lowest BCUT2D eigenvalue weighted by Gasteiger charge is -2.11. The van der Waals surface area contributed by atoms with E-state index in [2.05, 4.69) is 26.0 Å². The van der Waals surface area contributed by atoms with Crippen molar-refractivity contribution in [1.29, 1.82) is 0 Å². The fourth-order valence-electron chi connectivity index (χ4n) is 3.44. The van der Waals surface area contributed by atoms with Crippen LogP contribution in [0.5, 0.6) is 23.0 Å². The summed E-state index contributed by atoms with van der Waals surface area (Å²) in [4.78, 5) is 12.9. The van der Waals surface area contributed by atoms with E-state index in [1.807, 2.05) is 62.4 Å². The molecule has 0 aliphatic heterocycles. The maximum Gasteiger partial charge on any atom is 0.193 e. The third-order valence-corrected chi connectivity index (χ3v) is 5.80. The van der Waals surface area contributed by atoms with Crippen LogP contribution in [0.25, 0.3) is 0 Å². The van der Waals surface area contributed by atoms with E-state index >= 15 is 0 Å². The first-order valence-corrected chi connectivity index (χ1v) is 10.7. The molecular weight excluding hydrogens is 396 g/mol. The highest BCUT2D eigenvalue weighted by molar-refractivity contribution is 6.09. The Balaban J connectivity index is 1.46. The summed E-state index contributed by atoms with van der Waals surface area (Å²) in [5, 5.41) is 0. The normalized spacial score (nSPS) is 10.6. The van der Waals surface area contributed by atoms with E-state index in [0.717, 1.165) is 22.6 Å². The topological polar surface area (TPSA) is 35.5 Å². The van der Waals surface area contributed by atoms with E-state index in [9.17, 15) is 4.79 Å². The summed E-state index contributed by atoms with van der Waals surface area (Å²) in [6.07, 6.45) is 0. The van der Waals surface area contributed by atoms with E-state index in [1.54, 1.807) is 24.3 Å². The Bertz CT molecular complexity index is 1150. The lowest BCUT2D eigenvalue weighted by Crippen LogP contribution is -2.01. The highest BCUT2D eigenvalue weighted by atomic mass is 16.5. The SMILES string of the molecule is Cc1cccc(Oc2ccc(C(=O)c3ccc(Oc4cccc(C)c4C)cc3)cc2)c1C. The number of carbonyl (C=O) groups is 1. The minimum atomic E-state index is -0.0402. The predicted molar refractivity (Wildman–Crippen MR) is 128 cm³/mol. The van der Waals surface area contributed by atoms with Gasteiger partial charge in [0.15, 0.2) is 5.78 Å². The molecule has 0 aliphatic carbocycles. The second-order valence-corrected chi connectivity index (χ2v) is 7.98. The molecule has 4 aromatic rings. The zero-order valence-corrected chi connectivity index (χ0v) is 18.8. The maximum absolute atomic E-state index is 12.9. The summed E-state index contributed by atoms with van der Waals surface area (Å²) in [6, 6.07) is 26.4. The van der Waals surface area contributed by atoms with Gasteiger partial charge in [0, 0.05) is 11.1 Å². The van der Waals surface area contributed by atoms with Crippen molar-refractivity contribution in [3.8, 4) is 23.0 Å². The van der Waals surface area contributed by atoms with Gasteiger partial charge in [0.25, 0.3) is 0 Å². The Morgan fingerprint density at radius 2 is 0.906 bits per heavy atom. The summed E-state index contributed by atoms with van der Waals surface area (Å²) in [5.74, 6) is 3.01. The number of ether oxygens (including phenoxy) is 2. The Kier molecular flexibility index (Phi) is 6.09. The van der Waals surface area contributed by atoms with Crippen molar-refractivity contribution >= 4 is 5.78 Å². The minimum absolute atomic E-state index is 0.0402. The van der Waals surface area contributed by atoms with Gasteiger partial charge in [0.2, 0.25) is 0 Å². The molecule has 0 radical (unpaired) electrons. The lowest BCUT2D eigenvalue weighted by molar-refractivity contribution is 0.103. The number of rotatable bonds is 6. The standard InChI is InChI=1S/C29H26O3/c1-19-7-5-9-27(21(19)3)31-25-15-11-23(12-16-25)29(30)24-13-17-26(18-14-24)32-28-10-6-8-20(2)22(28)4/h5-18H,1-4H3. The van der Waals surface area contributed by atoms with Crippen LogP contribution in [0.2, 0.25) is 0 Å². The van der Waals surface area contributed by atoms with Crippen LogP contribution >= 0.6 is 0 Å². The largest absolute Gasteiger partial charge is 0.457 e. The highest BCUT2D eigenvalue weighted by Gasteiger charge is 2.11. The first-order chi connectivity index (χ1) is 15.4. The number of ketones is 1. The number of carbonyl (C=O) groups excluding carboxylic acids is 1. The molecule has 0 atom stereocenters. The molecule has 0 heterocycles. The summed E-state index contributed by atoms with van der Waals surface area (Å²) in [7, 11) is 0. The van der Waals surface area contributed by atoms with Crippen LogP contribution in [0.15, 0.2) is 84.9 Å². The average Bonchev–Trinajstić information content (AvgIpc) is 2.80. The highest BCUT2D eigenvalue weighted by Crippen LogP contribution is 2.29. The van der Waals surface area contributed by atoms with E-state index in [4.69, 9.17) is 9.47 Å². The zero-order chi connectivity index (χ0) is 22.7. The van der Waals surface area contributed by atoms with Crippen molar-refractivity contribution in [3.05, 3.63) is 118 Å². The minimum Gasteiger partial charge on any atom is -0.457 e. The molecule has 0 amide bonds. The zero-order valence-electron chi connectivity index (χ0n) is 18.8. The Labute approximate surface area is 189 Å². The molecule has 3 nitrogen and oxygen atoms in total. The van der Waals surface area contributed by atoms with Gasteiger partial charge >= 0.3 is 0 Å². The summed E-state index contributed by atoms with van der Waals surface area (Å²) in [5.41, 5.74) is 5.80. The Hall–Kier alpha value is -3.85. The molecule has 160 valence electrons. The molecule has 0 saturated carbocycles. The smallest absolute Gasteiger partial charge is 0.193 e. The van der Waals surface area contributed by atoms with Crippen molar-refractivity contribution < 1.29 is 14.3 Å². The first-order valence-electron chi connectivity index (χ1n) is 10.7. The van der Waals surface area contributed by atoms with Gasteiger partial charge in [0.1, 0.15) is 23.0 Å². The molecule has 0 bridgehead atoms. The van der Waals surface area contributed by atoms with Crippen LogP contribution in [0.4, 0.5) is 0 Å². The predicted octanol–water partition coefficient (Wildman–Crippen LogP) is 7.74. The number of aryl methyl sites for hydroxylation is 2. The molecule has 0 aliphatic rings. The van der Waals surface area contributed by atoms with Crippen LogP contribution in [0.1, 0.15) is 38.2 Å². The fraction of sp³-hybridized carbons (Fsp3) is 0.138. The van der Waals surface area contributed by atoms with Crippen LogP contribution in [0, 0.1) is 27.7 Å². The number of hydrogen-bond donors (Lipinski definition) is 0. The molecule has 0 N–H and O–H groups in total. The monoisotopic (exact) mass is 422 g/mol. The molecule has 4 rings (SSSR count). The molecule has 0 aromatic heterocycles. The van der Waals surface area contributed by atoms with Crippen LogP contribution in [-0.4, -0.2) is 5.78 Å². The Morgan fingerprint density at radius 3 is 1.28 bits per heavy atom. The molecule has 0 unspecified atom stereocenters. The molecule has 32 heavy (non-hydrogen) atoms. The number of benzene rings is 4. The third-order valence-electron chi connectivity index (χ3n) is 5.80. The second kappa shape index (κ2) is 9.11. The second-order valence-electron chi connectivity index (χ2n) is 7.98. The van der Waals surface area contributed by atoms with Gasteiger partial charge in [-0.15, -0.1) is 0 Å².